The summed E-state index contributed by atoms with van der Waals surface area (Å²) in [5.41, 5.74) is 1.21. The molecule has 0 aromatic heterocycles. The molecule has 0 saturated carbocycles. The van der Waals surface area contributed by atoms with Gasteiger partial charge in [-0.05, 0) is 43.4 Å². The van der Waals surface area contributed by atoms with Gasteiger partial charge in [0.05, 0.1) is 0 Å². The fourth-order valence-corrected chi connectivity index (χ4v) is 1.92. The Labute approximate surface area is 127 Å². The number of benzene rings is 1. The second-order valence-corrected chi connectivity index (χ2v) is 6.46. The van der Waals surface area contributed by atoms with Crippen LogP contribution in [0.3, 0.4) is 0 Å². The van der Waals surface area contributed by atoms with Crippen molar-refractivity contribution in [2.75, 3.05) is 6.61 Å². The molecule has 0 aliphatic rings. The van der Waals surface area contributed by atoms with Crippen molar-refractivity contribution < 1.29 is 14.6 Å². The van der Waals surface area contributed by atoms with Gasteiger partial charge in [-0.3, -0.25) is 4.79 Å². The van der Waals surface area contributed by atoms with Crippen molar-refractivity contribution in [1.82, 2.24) is 5.32 Å². The van der Waals surface area contributed by atoms with Crippen LogP contribution >= 0.6 is 0 Å². The molecule has 1 aromatic rings. The highest BCUT2D eigenvalue weighted by molar-refractivity contribution is 5.80. The third-order valence-electron chi connectivity index (χ3n) is 3.33. The van der Waals surface area contributed by atoms with Crippen LogP contribution in [0.5, 0.6) is 5.75 Å². The van der Waals surface area contributed by atoms with Crippen LogP contribution in [0, 0.1) is 0 Å². The molecule has 1 amide bonds. The first-order valence-electron chi connectivity index (χ1n) is 7.42. The van der Waals surface area contributed by atoms with E-state index in [0.29, 0.717) is 12.2 Å². The van der Waals surface area contributed by atoms with E-state index >= 15 is 0 Å². The first-order valence-corrected chi connectivity index (χ1v) is 7.42. The molecule has 0 fully saturated rings. The lowest BCUT2D eigenvalue weighted by Gasteiger charge is -2.21. The Hall–Kier alpha value is -1.55. The second kappa shape index (κ2) is 7.46. The molecule has 0 aliphatic carbocycles. The van der Waals surface area contributed by atoms with E-state index in [-0.39, 0.29) is 24.0 Å². The minimum Gasteiger partial charge on any atom is -0.481 e. The highest BCUT2D eigenvalue weighted by Gasteiger charge is 2.18. The first kappa shape index (κ1) is 17.5. The van der Waals surface area contributed by atoms with E-state index < -0.39 is 6.10 Å². The molecule has 1 rings (SSSR count). The third kappa shape index (κ3) is 5.76. The van der Waals surface area contributed by atoms with Crippen LogP contribution in [0.4, 0.5) is 0 Å². The SMILES string of the molecule is CC(CCO)NC(=O)C(C)Oc1cccc(C(C)(C)C)c1. The predicted octanol–water partition coefficient (Wildman–Crippen LogP) is 2.64. The number of carbonyl (C=O) groups is 1. The maximum absolute atomic E-state index is 12.0. The van der Waals surface area contributed by atoms with Crippen molar-refractivity contribution in [3.8, 4) is 5.75 Å². The predicted molar refractivity (Wildman–Crippen MR) is 84.5 cm³/mol. The van der Waals surface area contributed by atoms with Crippen molar-refractivity contribution in [2.24, 2.45) is 0 Å². The number of hydrogen-bond donors (Lipinski definition) is 2. The van der Waals surface area contributed by atoms with Crippen LogP contribution < -0.4 is 10.1 Å². The van der Waals surface area contributed by atoms with E-state index in [1.54, 1.807) is 6.92 Å². The zero-order valence-electron chi connectivity index (χ0n) is 13.6. The maximum Gasteiger partial charge on any atom is 0.260 e. The minimum atomic E-state index is -0.568. The first-order chi connectivity index (χ1) is 9.74. The summed E-state index contributed by atoms with van der Waals surface area (Å²) in [5.74, 6) is 0.525. The van der Waals surface area contributed by atoms with Gasteiger partial charge >= 0.3 is 0 Å². The standard InChI is InChI=1S/C17H27NO3/c1-12(9-10-19)18-16(20)13(2)21-15-8-6-7-14(11-15)17(3,4)5/h6-8,11-13,19H,9-10H2,1-5H3,(H,18,20). The van der Waals surface area contributed by atoms with Crippen molar-refractivity contribution in [3.05, 3.63) is 29.8 Å². The Bertz CT molecular complexity index is 465. The number of aliphatic hydroxyl groups excluding tert-OH is 1. The number of aliphatic hydroxyl groups is 1. The van der Waals surface area contributed by atoms with Gasteiger partial charge in [0.2, 0.25) is 0 Å². The van der Waals surface area contributed by atoms with Crippen LogP contribution in [0.2, 0.25) is 0 Å². The number of amides is 1. The molecule has 0 spiro atoms. The molecular formula is C17H27NO3. The zero-order valence-corrected chi connectivity index (χ0v) is 13.6. The average molecular weight is 293 g/mol. The Morgan fingerprint density at radius 2 is 2.00 bits per heavy atom. The fourth-order valence-electron chi connectivity index (χ4n) is 1.92. The van der Waals surface area contributed by atoms with E-state index in [4.69, 9.17) is 9.84 Å². The molecule has 0 radical (unpaired) electrons. The summed E-state index contributed by atoms with van der Waals surface area (Å²) >= 11 is 0. The molecule has 0 saturated heterocycles. The van der Waals surface area contributed by atoms with Gasteiger partial charge in [0.15, 0.2) is 6.10 Å². The molecule has 2 atom stereocenters. The summed E-state index contributed by atoms with van der Waals surface area (Å²) < 4.78 is 5.72. The van der Waals surface area contributed by atoms with E-state index in [1.807, 2.05) is 25.1 Å². The van der Waals surface area contributed by atoms with E-state index in [0.717, 1.165) is 0 Å². The molecule has 4 nitrogen and oxygen atoms in total. The smallest absolute Gasteiger partial charge is 0.260 e. The largest absolute Gasteiger partial charge is 0.481 e. The van der Waals surface area contributed by atoms with Gasteiger partial charge in [-0.25, -0.2) is 0 Å². The summed E-state index contributed by atoms with van der Waals surface area (Å²) in [6, 6.07) is 7.77. The Morgan fingerprint density at radius 3 is 2.57 bits per heavy atom. The van der Waals surface area contributed by atoms with Crippen molar-refractivity contribution >= 4 is 5.91 Å². The fraction of sp³-hybridized carbons (Fsp3) is 0.588. The van der Waals surface area contributed by atoms with E-state index in [1.165, 1.54) is 5.56 Å². The number of ether oxygens (including phenoxy) is 1. The molecule has 21 heavy (non-hydrogen) atoms. The highest BCUT2D eigenvalue weighted by Crippen LogP contribution is 2.26. The summed E-state index contributed by atoms with van der Waals surface area (Å²) in [4.78, 5) is 12.0. The summed E-state index contributed by atoms with van der Waals surface area (Å²) in [7, 11) is 0. The van der Waals surface area contributed by atoms with Gasteiger partial charge in [0.1, 0.15) is 5.75 Å². The molecule has 0 bridgehead atoms. The van der Waals surface area contributed by atoms with Gasteiger partial charge in [-0.1, -0.05) is 32.9 Å². The second-order valence-electron chi connectivity index (χ2n) is 6.46. The maximum atomic E-state index is 12.0. The van der Waals surface area contributed by atoms with Crippen LogP contribution in [0.15, 0.2) is 24.3 Å². The zero-order chi connectivity index (χ0) is 16.0. The monoisotopic (exact) mass is 293 g/mol. The normalized spacial score (nSPS) is 14.4. The van der Waals surface area contributed by atoms with Gasteiger partial charge in [-0.2, -0.15) is 0 Å². The van der Waals surface area contributed by atoms with Crippen molar-refractivity contribution in [3.63, 3.8) is 0 Å². The van der Waals surface area contributed by atoms with Crippen molar-refractivity contribution in [2.45, 2.75) is 58.6 Å². The van der Waals surface area contributed by atoms with Gasteiger partial charge in [0, 0.05) is 12.6 Å². The summed E-state index contributed by atoms with van der Waals surface area (Å²) in [5, 5.41) is 11.7. The van der Waals surface area contributed by atoms with Crippen LogP contribution in [-0.4, -0.2) is 29.8 Å². The Morgan fingerprint density at radius 1 is 1.33 bits per heavy atom. The highest BCUT2D eigenvalue weighted by atomic mass is 16.5. The summed E-state index contributed by atoms with van der Waals surface area (Å²) in [6.07, 6.45) is -0.0285. The molecule has 2 unspecified atom stereocenters. The quantitative estimate of drug-likeness (QED) is 0.847. The number of hydrogen-bond acceptors (Lipinski definition) is 3. The number of nitrogens with one attached hydrogen (secondary N) is 1. The lowest BCUT2D eigenvalue weighted by atomic mass is 9.87. The third-order valence-corrected chi connectivity index (χ3v) is 3.33. The van der Waals surface area contributed by atoms with E-state index in [9.17, 15) is 4.79 Å². The molecule has 0 aliphatic heterocycles. The van der Waals surface area contributed by atoms with Gasteiger partial charge in [-0.15, -0.1) is 0 Å². The molecule has 4 heteroatoms. The molecule has 118 valence electrons. The Balaban J connectivity index is 2.66. The molecular weight excluding hydrogens is 266 g/mol. The molecule has 0 heterocycles. The van der Waals surface area contributed by atoms with Crippen LogP contribution in [0.1, 0.15) is 46.6 Å². The minimum absolute atomic E-state index is 0.0422. The summed E-state index contributed by atoms with van der Waals surface area (Å²) in [6.45, 7) is 10.1. The lowest BCUT2D eigenvalue weighted by Crippen LogP contribution is -2.41. The van der Waals surface area contributed by atoms with Crippen molar-refractivity contribution in [1.29, 1.82) is 0 Å². The van der Waals surface area contributed by atoms with E-state index in [2.05, 4.69) is 32.2 Å². The molecule has 2 N–H and O–H groups in total. The Kier molecular flexibility index (Phi) is 6.21. The topological polar surface area (TPSA) is 58.6 Å². The van der Waals surface area contributed by atoms with Gasteiger partial charge in [0.25, 0.3) is 5.91 Å². The number of rotatable bonds is 6. The molecule has 1 aromatic carbocycles. The van der Waals surface area contributed by atoms with Crippen LogP contribution in [0.25, 0.3) is 0 Å². The lowest BCUT2D eigenvalue weighted by molar-refractivity contribution is -0.127. The number of carbonyl (C=O) groups excluding carboxylic acids is 1. The van der Waals surface area contributed by atoms with Gasteiger partial charge < -0.3 is 15.2 Å². The van der Waals surface area contributed by atoms with Crippen LogP contribution in [-0.2, 0) is 10.2 Å². The average Bonchev–Trinajstić information content (AvgIpc) is 2.38.